The lowest BCUT2D eigenvalue weighted by atomic mass is 10.2. The fourth-order valence-electron chi connectivity index (χ4n) is 2.70. The third-order valence-electron chi connectivity index (χ3n) is 3.88. The van der Waals surface area contributed by atoms with Crippen molar-refractivity contribution in [2.24, 2.45) is 0 Å². The molecule has 0 saturated carbocycles. The number of nitrogens with one attached hydrogen (secondary N) is 1. The van der Waals surface area contributed by atoms with Crippen LogP contribution in [0.2, 0.25) is 0 Å². The number of fused-ring (bicyclic) bond motifs is 1. The molecule has 0 aliphatic rings. The Hall–Kier alpha value is -2.59. The maximum Gasteiger partial charge on any atom is 0.139 e. The SMILES string of the molecule is Cc1ccn2c(NCc3ccccc3)c(-c3ccsc3)nc2c1. The summed E-state index contributed by atoms with van der Waals surface area (Å²) in [5.74, 6) is 1.04. The number of pyridine rings is 1. The smallest absolute Gasteiger partial charge is 0.139 e. The van der Waals surface area contributed by atoms with Gasteiger partial charge in [-0.2, -0.15) is 11.3 Å². The molecule has 1 N–H and O–H groups in total. The first-order valence-electron chi connectivity index (χ1n) is 7.60. The van der Waals surface area contributed by atoms with Crippen molar-refractivity contribution in [1.82, 2.24) is 9.38 Å². The molecule has 3 heterocycles. The zero-order chi connectivity index (χ0) is 15.6. The Morgan fingerprint density at radius 2 is 2.00 bits per heavy atom. The van der Waals surface area contributed by atoms with E-state index in [4.69, 9.17) is 4.98 Å². The van der Waals surface area contributed by atoms with Crippen LogP contribution in [0.4, 0.5) is 5.82 Å². The fraction of sp³-hybridized carbons (Fsp3) is 0.105. The van der Waals surface area contributed by atoms with E-state index in [1.54, 1.807) is 11.3 Å². The summed E-state index contributed by atoms with van der Waals surface area (Å²) in [5, 5.41) is 7.80. The van der Waals surface area contributed by atoms with E-state index in [0.29, 0.717) is 0 Å². The maximum absolute atomic E-state index is 4.84. The van der Waals surface area contributed by atoms with Gasteiger partial charge in [-0.25, -0.2) is 4.98 Å². The first kappa shape index (κ1) is 14.0. The average Bonchev–Trinajstić information content (AvgIpc) is 3.21. The van der Waals surface area contributed by atoms with E-state index in [1.807, 2.05) is 6.07 Å². The van der Waals surface area contributed by atoms with Crippen molar-refractivity contribution in [3.05, 3.63) is 76.6 Å². The van der Waals surface area contributed by atoms with E-state index in [0.717, 1.165) is 29.3 Å². The number of imidazole rings is 1. The summed E-state index contributed by atoms with van der Waals surface area (Å²) in [6, 6.07) is 16.8. The number of benzene rings is 1. The average molecular weight is 319 g/mol. The van der Waals surface area contributed by atoms with Gasteiger partial charge in [0.2, 0.25) is 0 Å². The monoisotopic (exact) mass is 319 g/mol. The molecule has 0 bridgehead atoms. The minimum atomic E-state index is 0.777. The highest BCUT2D eigenvalue weighted by molar-refractivity contribution is 7.08. The van der Waals surface area contributed by atoms with Crippen LogP contribution in [0.25, 0.3) is 16.9 Å². The lowest BCUT2D eigenvalue weighted by Crippen LogP contribution is -2.03. The molecule has 3 nitrogen and oxygen atoms in total. The van der Waals surface area contributed by atoms with Gasteiger partial charge in [-0.15, -0.1) is 0 Å². The molecule has 0 aliphatic carbocycles. The zero-order valence-corrected chi connectivity index (χ0v) is 13.7. The van der Waals surface area contributed by atoms with Gasteiger partial charge in [0.1, 0.15) is 17.2 Å². The van der Waals surface area contributed by atoms with Crippen LogP contribution < -0.4 is 5.32 Å². The molecule has 4 heteroatoms. The standard InChI is InChI=1S/C19H17N3S/c1-14-7-9-22-17(11-14)21-18(16-8-10-23-13-16)19(22)20-12-15-5-3-2-4-6-15/h2-11,13,20H,12H2,1H3. The fourth-order valence-corrected chi connectivity index (χ4v) is 3.34. The second-order valence-electron chi connectivity index (χ2n) is 5.59. The summed E-state index contributed by atoms with van der Waals surface area (Å²) >= 11 is 1.69. The first-order valence-corrected chi connectivity index (χ1v) is 8.54. The molecule has 23 heavy (non-hydrogen) atoms. The number of hydrogen-bond donors (Lipinski definition) is 1. The van der Waals surface area contributed by atoms with Crippen LogP contribution in [0.3, 0.4) is 0 Å². The van der Waals surface area contributed by atoms with Crippen molar-refractivity contribution >= 4 is 22.8 Å². The van der Waals surface area contributed by atoms with Crippen LogP contribution in [-0.2, 0) is 6.54 Å². The highest BCUT2D eigenvalue weighted by atomic mass is 32.1. The van der Waals surface area contributed by atoms with Crippen LogP contribution in [0.15, 0.2) is 65.5 Å². The summed E-state index contributed by atoms with van der Waals surface area (Å²) in [6.07, 6.45) is 2.08. The topological polar surface area (TPSA) is 29.3 Å². The highest BCUT2D eigenvalue weighted by Crippen LogP contribution is 2.30. The van der Waals surface area contributed by atoms with Crippen LogP contribution in [0.1, 0.15) is 11.1 Å². The maximum atomic E-state index is 4.84. The predicted molar refractivity (Wildman–Crippen MR) is 97.0 cm³/mol. The van der Waals surface area contributed by atoms with E-state index in [1.165, 1.54) is 11.1 Å². The van der Waals surface area contributed by atoms with Crippen LogP contribution in [0.5, 0.6) is 0 Å². The number of anilines is 1. The molecule has 114 valence electrons. The van der Waals surface area contributed by atoms with Gasteiger partial charge in [0.25, 0.3) is 0 Å². The number of aromatic nitrogens is 2. The molecule has 0 fully saturated rings. The molecular formula is C19H17N3S. The molecule has 0 saturated heterocycles. The molecule has 3 aromatic heterocycles. The molecule has 0 radical (unpaired) electrons. The normalized spacial score (nSPS) is 11.0. The summed E-state index contributed by atoms with van der Waals surface area (Å²) in [5.41, 5.74) is 5.61. The van der Waals surface area contributed by atoms with E-state index < -0.39 is 0 Å². The lowest BCUT2D eigenvalue weighted by molar-refractivity contribution is 1.08. The second-order valence-corrected chi connectivity index (χ2v) is 6.37. The number of nitrogens with zero attached hydrogens (tertiary/aromatic N) is 2. The van der Waals surface area contributed by atoms with Crippen molar-refractivity contribution in [2.75, 3.05) is 5.32 Å². The quantitative estimate of drug-likeness (QED) is 0.574. The summed E-state index contributed by atoms with van der Waals surface area (Å²) in [7, 11) is 0. The highest BCUT2D eigenvalue weighted by Gasteiger charge is 2.14. The third-order valence-corrected chi connectivity index (χ3v) is 4.56. The van der Waals surface area contributed by atoms with Gasteiger partial charge in [-0.3, -0.25) is 4.40 Å². The Bertz CT molecular complexity index is 924. The van der Waals surface area contributed by atoms with Gasteiger partial charge in [0, 0.05) is 23.7 Å². The molecule has 4 aromatic rings. The van der Waals surface area contributed by atoms with E-state index >= 15 is 0 Å². The zero-order valence-electron chi connectivity index (χ0n) is 12.9. The Morgan fingerprint density at radius 3 is 2.78 bits per heavy atom. The van der Waals surface area contributed by atoms with Crippen LogP contribution >= 0.6 is 11.3 Å². The minimum Gasteiger partial charge on any atom is -0.365 e. The molecular weight excluding hydrogens is 302 g/mol. The third kappa shape index (κ3) is 2.73. The van der Waals surface area contributed by atoms with E-state index in [2.05, 4.69) is 76.1 Å². The molecule has 1 aromatic carbocycles. The second kappa shape index (κ2) is 5.89. The van der Waals surface area contributed by atoms with Gasteiger partial charge in [0.05, 0.1) is 0 Å². The van der Waals surface area contributed by atoms with Crippen molar-refractivity contribution in [3.63, 3.8) is 0 Å². The summed E-state index contributed by atoms with van der Waals surface area (Å²) in [6.45, 7) is 2.87. The number of hydrogen-bond acceptors (Lipinski definition) is 3. The summed E-state index contributed by atoms with van der Waals surface area (Å²) in [4.78, 5) is 4.84. The van der Waals surface area contributed by atoms with E-state index in [-0.39, 0.29) is 0 Å². The molecule has 0 amide bonds. The van der Waals surface area contributed by atoms with Crippen LogP contribution in [-0.4, -0.2) is 9.38 Å². The number of aryl methyl sites for hydroxylation is 1. The first-order chi connectivity index (χ1) is 11.3. The molecule has 0 spiro atoms. The van der Waals surface area contributed by atoms with Gasteiger partial charge in [-0.1, -0.05) is 30.3 Å². The van der Waals surface area contributed by atoms with Crippen LogP contribution in [0, 0.1) is 6.92 Å². The number of thiophene rings is 1. The molecule has 0 unspecified atom stereocenters. The Kier molecular flexibility index (Phi) is 3.60. The Morgan fingerprint density at radius 1 is 1.13 bits per heavy atom. The minimum absolute atomic E-state index is 0.777. The molecule has 4 rings (SSSR count). The largest absolute Gasteiger partial charge is 0.365 e. The van der Waals surface area contributed by atoms with Crippen molar-refractivity contribution in [1.29, 1.82) is 0 Å². The van der Waals surface area contributed by atoms with Gasteiger partial charge >= 0.3 is 0 Å². The number of rotatable bonds is 4. The summed E-state index contributed by atoms with van der Waals surface area (Å²) < 4.78 is 2.13. The Balaban J connectivity index is 1.78. The molecule has 0 aliphatic heterocycles. The van der Waals surface area contributed by atoms with Crippen molar-refractivity contribution in [3.8, 4) is 11.3 Å². The van der Waals surface area contributed by atoms with Gasteiger partial charge in [0.15, 0.2) is 0 Å². The Labute approximate surface area is 139 Å². The van der Waals surface area contributed by atoms with Gasteiger partial charge in [-0.05, 0) is 41.6 Å². The van der Waals surface area contributed by atoms with Gasteiger partial charge < -0.3 is 5.32 Å². The lowest BCUT2D eigenvalue weighted by Gasteiger charge is -2.08. The van der Waals surface area contributed by atoms with Crippen molar-refractivity contribution in [2.45, 2.75) is 13.5 Å². The molecule has 0 atom stereocenters. The van der Waals surface area contributed by atoms with Crippen molar-refractivity contribution < 1.29 is 0 Å². The van der Waals surface area contributed by atoms with E-state index in [9.17, 15) is 0 Å². The predicted octanol–water partition coefficient (Wildman–Crippen LogP) is 4.98.